The average molecular weight is 278 g/mol. The summed E-state index contributed by atoms with van der Waals surface area (Å²) < 4.78 is 18.9. The molecule has 0 radical (unpaired) electrons. The van der Waals surface area contributed by atoms with E-state index in [1.807, 2.05) is 6.92 Å². The zero-order valence-electron chi connectivity index (χ0n) is 11.6. The molecule has 0 unspecified atom stereocenters. The molecule has 1 amide bonds. The highest BCUT2D eigenvalue weighted by Crippen LogP contribution is 2.35. The molecular formula is C15H19FN2O2. The molecule has 108 valence electrons. The fourth-order valence-electron chi connectivity index (χ4n) is 2.91. The number of fused-ring (bicyclic) bond motifs is 1. The molecule has 2 aliphatic heterocycles. The van der Waals surface area contributed by atoms with Gasteiger partial charge >= 0.3 is 0 Å². The zero-order valence-corrected chi connectivity index (χ0v) is 11.6. The van der Waals surface area contributed by atoms with Gasteiger partial charge in [0.15, 0.2) is 0 Å². The predicted molar refractivity (Wildman–Crippen MR) is 74.4 cm³/mol. The lowest BCUT2D eigenvalue weighted by Crippen LogP contribution is -2.48. The van der Waals surface area contributed by atoms with Crippen molar-refractivity contribution in [2.75, 3.05) is 24.5 Å². The Labute approximate surface area is 117 Å². The summed E-state index contributed by atoms with van der Waals surface area (Å²) in [6.07, 6.45) is 1.81. The molecule has 1 aromatic rings. The van der Waals surface area contributed by atoms with Crippen LogP contribution in [0.5, 0.6) is 5.75 Å². The molecule has 1 aromatic carbocycles. The number of carbonyl (C=O) groups excluding carboxylic acids is 1. The van der Waals surface area contributed by atoms with Gasteiger partial charge in [-0.3, -0.25) is 4.79 Å². The van der Waals surface area contributed by atoms with Crippen molar-refractivity contribution in [1.82, 2.24) is 5.32 Å². The first-order chi connectivity index (χ1) is 9.65. The van der Waals surface area contributed by atoms with Crippen molar-refractivity contribution in [2.45, 2.75) is 25.9 Å². The molecule has 1 saturated heterocycles. The lowest BCUT2D eigenvalue weighted by atomic mass is 9.97. The van der Waals surface area contributed by atoms with E-state index in [1.54, 1.807) is 11.0 Å². The monoisotopic (exact) mass is 278 g/mol. The fraction of sp³-hybridized carbons (Fsp3) is 0.533. The van der Waals surface area contributed by atoms with Crippen LogP contribution in [0.15, 0.2) is 18.2 Å². The Kier molecular flexibility index (Phi) is 3.61. The molecule has 0 aromatic heterocycles. The summed E-state index contributed by atoms with van der Waals surface area (Å²) in [6, 6.07) is 4.35. The van der Waals surface area contributed by atoms with E-state index in [0.29, 0.717) is 18.0 Å². The summed E-state index contributed by atoms with van der Waals surface area (Å²) in [5, 5.41) is 3.26. The van der Waals surface area contributed by atoms with Gasteiger partial charge in [0, 0.05) is 12.6 Å². The van der Waals surface area contributed by atoms with Gasteiger partial charge in [0.1, 0.15) is 17.7 Å². The topological polar surface area (TPSA) is 41.6 Å². The first-order valence-electron chi connectivity index (χ1n) is 7.13. The Hall–Kier alpha value is -1.62. The first-order valence-corrected chi connectivity index (χ1v) is 7.13. The van der Waals surface area contributed by atoms with Crippen molar-refractivity contribution in [2.24, 2.45) is 5.92 Å². The summed E-state index contributed by atoms with van der Waals surface area (Å²) in [7, 11) is 0. The lowest BCUT2D eigenvalue weighted by Gasteiger charge is -2.36. The summed E-state index contributed by atoms with van der Waals surface area (Å²) >= 11 is 0. The SMILES string of the molecule is C[C@H]1CN(C(=O)[C@@H]2CCCNC2)c2ccc(F)cc2O1. The van der Waals surface area contributed by atoms with Crippen molar-refractivity contribution in [3.63, 3.8) is 0 Å². The molecule has 5 heteroatoms. The Morgan fingerprint density at radius 2 is 2.35 bits per heavy atom. The molecule has 3 rings (SSSR count). The van der Waals surface area contributed by atoms with Crippen molar-refractivity contribution in [1.29, 1.82) is 0 Å². The molecule has 4 nitrogen and oxygen atoms in total. The van der Waals surface area contributed by atoms with Crippen LogP contribution in [0.3, 0.4) is 0 Å². The van der Waals surface area contributed by atoms with Crippen LogP contribution in [0.1, 0.15) is 19.8 Å². The van der Waals surface area contributed by atoms with Crippen molar-refractivity contribution in [3.05, 3.63) is 24.0 Å². The van der Waals surface area contributed by atoms with Gasteiger partial charge in [0.05, 0.1) is 18.2 Å². The largest absolute Gasteiger partial charge is 0.487 e. The number of piperidine rings is 1. The number of amides is 1. The fourth-order valence-corrected chi connectivity index (χ4v) is 2.91. The second-order valence-corrected chi connectivity index (χ2v) is 5.53. The van der Waals surface area contributed by atoms with E-state index in [4.69, 9.17) is 4.74 Å². The first kappa shape index (κ1) is 13.4. The molecule has 1 fully saturated rings. The third-order valence-corrected chi connectivity index (χ3v) is 3.89. The maximum Gasteiger partial charge on any atom is 0.231 e. The van der Waals surface area contributed by atoms with E-state index in [1.165, 1.54) is 12.1 Å². The van der Waals surface area contributed by atoms with Crippen molar-refractivity contribution < 1.29 is 13.9 Å². The average Bonchev–Trinajstić information content (AvgIpc) is 2.46. The minimum absolute atomic E-state index is 0.00644. The van der Waals surface area contributed by atoms with E-state index < -0.39 is 0 Å². The van der Waals surface area contributed by atoms with E-state index in [-0.39, 0.29) is 23.7 Å². The number of nitrogens with zero attached hydrogens (tertiary/aromatic N) is 1. The van der Waals surface area contributed by atoms with Crippen LogP contribution in [-0.4, -0.2) is 31.6 Å². The van der Waals surface area contributed by atoms with Gasteiger partial charge < -0.3 is 15.0 Å². The smallest absolute Gasteiger partial charge is 0.231 e. The molecule has 0 spiro atoms. The zero-order chi connectivity index (χ0) is 14.1. The number of hydrogen-bond donors (Lipinski definition) is 1. The maximum atomic E-state index is 13.3. The Morgan fingerprint density at radius 1 is 1.50 bits per heavy atom. The number of halogens is 1. The van der Waals surface area contributed by atoms with E-state index in [0.717, 1.165) is 25.9 Å². The van der Waals surface area contributed by atoms with Gasteiger partial charge in [0.2, 0.25) is 5.91 Å². The summed E-state index contributed by atoms with van der Waals surface area (Å²) in [6.45, 7) is 4.12. The number of nitrogens with one attached hydrogen (secondary N) is 1. The minimum atomic E-state index is -0.343. The molecule has 2 heterocycles. The Balaban J connectivity index is 1.88. The molecular weight excluding hydrogens is 259 g/mol. The predicted octanol–water partition coefficient (Wildman–Crippen LogP) is 1.94. The highest BCUT2D eigenvalue weighted by molar-refractivity contribution is 5.97. The molecule has 0 aliphatic carbocycles. The molecule has 2 atom stereocenters. The van der Waals surface area contributed by atoms with Gasteiger partial charge in [-0.15, -0.1) is 0 Å². The molecule has 1 N–H and O–H groups in total. The van der Waals surface area contributed by atoms with Crippen molar-refractivity contribution in [3.8, 4) is 5.75 Å². The summed E-state index contributed by atoms with van der Waals surface area (Å²) in [5.41, 5.74) is 0.681. The van der Waals surface area contributed by atoms with Crippen LogP contribution in [0, 0.1) is 11.7 Å². The highest BCUT2D eigenvalue weighted by atomic mass is 19.1. The van der Waals surface area contributed by atoms with Gasteiger partial charge in [-0.2, -0.15) is 0 Å². The second-order valence-electron chi connectivity index (χ2n) is 5.53. The molecule has 20 heavy (non-hydrogen) atoms. The van der Waals surface area contributed by atoms with E-state index >= 15 is 0 Å². The van der Waals surface area contributed by atoms with E-state index in [2.05, 4.69) is 5.32 Å². The quantitative estimate of drug-likeness (QED) is 0.853. The number of anilines is 1. The third kappa shape index (κ3) is 2.50. The van der Waals surface area contributed by atoms with Gasteiger partial charge in [-0.1, -0.05) is 0 Å². The molecule has 0 saturated carbocycles. The van der Waals surface area contributed by atoms with Gasteiger partial charge in [-0.25, -0.2) is 4.39 Å². The van der Waals surface area contributed by atoms with Gasteiger partial charge in [-0.05, 0) is 38.4 Å². The highest BCUT2D eigenvalue weighted by Gasteiger charge is 2.32. The van der Waals surface area contributed by atoms with Crippen LogP contribution in [-0.2, 0) is 4.79 Å². The number of rotatable bonds is 1. The lowest BCUT2D eigenvalue weighted by molar-refractivity contribution is -0.123. The van der Waals surface area contributed by atoms with Gasteiger partial charge in [0.25, 0.3) is 0 Å². The second kappa shape index (κ2) is 5.40. The normalized spacial score (nSPS) is 25.8. The van der Waals surface area contributed by atoms with Crippen LogP contribution in [0.25, 0.3) is 0 Å². The maximum absolute atomic E-state index is 13.3. The van der Waals surface area contributed by atoms with E-state index in [9.17, 15) is 9.18 Å². The molecule has 2 aliphatic rings. The number of benzene rings is 1. The van der Waals surface area contributed by atoms with Crippen LogP contribution in [0.4, 0.5) is 10.1 Å². The third-order valence-electron chi connectivity index (χ3n) is 3.89. The number of hydrogen-bond acceptors (Lipinski definition) is 3. The number of ether oxygens (including phenoxy) is 1. The van der Waals surface area contributed by atoms with Crippen LogP contribution < -0.4 is 15.0 Å². The van der Waals surface area contributed by atoms with Crippen LogP contribution >= 0.6 is 0 Å². The summed E-state index contributed by atoms with van der Waals surface area (Å²) in [5.74, 6) is 0.234. The van der Waals surface area contributed by atoms with Crippen LogP contribution in [0.2, 0.25) is 0 Å². The standard InChI is InChI=1S/C15H19FN2O2/c1-10-9-18(15(19)11-3-2-6-17-8-11)13-5-4-12(16)7-14(13)20-10/h4-5,7,10-11,17H,2-3,6,8-9H2,1H3/t10-,11+/m0/s1. The summed E-state index contributed by atoms with van der Waals surface area (Å²) in [4.78, 5) is 14.4. The Bertz CT molecular complexity index is 515. The molecule has 0 bridgehead atoms. The Morgan fingerprint density at radius 3 is 3.10 bits per heavy atom. The minimum Gasteiger partial charge on any atom is -0.487 e. The van der Waals surface area contributed by atoms with Crippen molar-refractivity contribution >= 4 is 11.6 Å². The number of carbonyl (C=O) groups is 1.